The Hall–Kier alpha value is -0.610. The molecule has 1 unspecified atom stereocenters. The maximum Gasteiger partial charge on any atom is 0.293 e. The molecule has 90 valence electrons. The Morgan fingerprint density at radius 2 is 2.07 bits per heavy atom. The summed E-state index contributed by atoms with van der Waals surface area (Å²) < 4.78 is 4.55. The molecule has 1 atom stereocenters. The van der Waals surface area contributed by atoms with Crippen LogP contribution >= 0.6 is 0 Å². The third kappa shape index (κ3) is 9.69. The quantitative estimate of drug-likeness (QED) is 0.674. The van der Waals surface area contributed by atoms with E-state index in [1.54, 1.807) is 0 Å². The molecule has 0 bridgehead atoms. The molecule has 0 aliphatic carbocycles. The van der Waals surface area contributed by atoms with E-state index in [4.69, 9.17) is 0 Å². The van der Waals surface area contributed by atoms with Crippen molar-refractivity contribution in [3.63, 3.8) is 0 Å². The minimum Gasteiger partial charge on any atom is -0.462 e. The first kappa shape index (κ1) is 14.4. The van der Waals surface area contributed by atoms with E-state index in [0.717, 1.165) is 25.7 Å². The van der Waals surface area contributed by atoms with Crippen molar-refractivity contribution in [1.82, 2.24) is 10.6 Å². The second kappa shape index (κ2) is 7.65. The van der Waals surface area contributed by atoms with Crippen LogP contribution in [-0.4, -0.2) is 37.7 Å². The first-order valence-electron chi connectivity index (χ1n) is 5.55. The Morgan fingerprint density at radius 1 is 1.40 bits per heavy atom. The van der Waals surface area contributed by atoms with E-state index in [1.807, 2.05) is 20.8 Å². The van der Waals surface area contributed by atoms with E-state index >= 15 is 0 Å². The SMILES string of the molecule is CC(C)(C)OC=O.CCC1CNCCN1. The molecule has 0 aromatic rings. The summed E-state index contributed by atoms with van der Waals surface area (Å²) in [6, 6.07) is 0.726. The Balaban J connectivity index is 0.000000265. The standard InChI is InChI=1S/C6H14N2.C5H10O2/c1-2-6-5-7-3-4-8-6;1-5(2,3)7-4-6/h6-8H,2-5H2,1H3;4H,1-3H3. The molecule has 1 aliphatic heterocycles. The van der Waals surface area contributed by atoms with E-state index in [9.17, 15) is 4.79 Å². The number of ether oxygens (including phenoxy) is 1. The van der Waals surface area contributed by atoms with Gasteiger partial charge in [-0.15, -0.1) is 0 Å². The van der Waals surface area contributed by atoms with Crippen LogP contribution < -0.4 is 10.6 Å². The largest absolute Gasteiger partial charge is 0.462 e. The monoisotopic (exact) mass is 216 g/mol. The molecule has 0 aromatic heterocycles. The highest BCUT2D eigenvalue weighted by Crippen LogP contribution is 2.02. The normalized spacial score (nSPS) is 21.2. The van der Waals surface area contributed by atoms with Crippen molar-refractivity contribution in [1.29, 1.82) is 0 Å². The number of hydrogen-bond acceptors (Lipinski definition) is 4. The highest BCUT2D eigenvalue weighted by molar-refractivity contribution is 5.37. The molecule has 4 heteroatoms. The second-order valence-corrected chi connectivity index (χ2v) is 4.59. The van der Waals surface area contributed by atoms with E-state index < -0.39 is 0 Å². The van der Waals surface area contributed by atoms with Crippen LogP contribution in [0.3, 0.4) is 0 Å². The fourth-order valence-electron chi connectivity index (χ4n) is 1.15. The smallest absolute Gasteiger partial charge is 0.293 e. The van der Waals surface area contributed by atoms with Crippen LogP contribution in [-0.2, 0) is 9.53 Å². The number of nitrogens with one attached hydrogen (secondary N) is 2. The molecule has 15 heavy (non-hydrogen) atoms. The summed E-state index contributed by atoms with van der Waals surface area (Å²) in [5.41, 5.74) is -0.318. The number of carbonyl (C=O) groups excluding carboxylic acids is 1. The lowest BCUT2D eigenvalue weighted by Crippen LogP contribution is -2.47. The average Bonchev–Trinajstić information content (AvgIpc) is 2.18. The van der Waals surface area contributed by atoms with Crippen LogP contribution in [0.2, 0.25) is 0 Å². The lowest BCUT2D eigenvalue weighted by molar-refractivity contribution is -0.138. The van der Waals surface area contributed by atoms with Crippen LogP contribution in [0.25, 0.3) is 0 Å². The number of piperazine rings is 1. The van der Waals surface area contributed by atoms with Gasteiger partial charge in [-0.1, -0.05) is 6.92 Å². The molecule has 0 radical (unpaired) electrons. The summed E-state index contributed by atoms with van der Waals surface area (Å²) in [6.45, 7) is 11.6. The zero-order chi connectivity index (χ0) is 11.7. The van der Waals surface area contributed by atoms with Crippen molar-refractivity contribution in [3.8, 4) is 0 Å². The maximum absolute atomic E-state index is 9.60. The van der Waals surface area contributed by atoms with Gasteiger partial charge in [-0.25, -0.2) is 0 Å². The summed E-state index contributed by atoms with van der Waals surface area (Å²) in [4.78, 5) is 9.60. The van der Waals surface area contributed by atoms with Crippen molar-refractivity contribution < 1.29 is 9.53 Å². The summed E-state index contributed by atoms with van der Waals surface area (Å²) in [6.07, 6.45) is 1.24. The Bertz CT molecular complexity index is 160. The first-order chi connectivity index (χ1) is 6.99. The number of carbonyl (C=O) groups is 1. The van der Waals surface area contributed by atoms with Crippen LogP contribution in [0, 0.1) is 0 Å². The van der Waals surface area contributed by atoms with Gasteiger partial charge in [0.15, 0.2) is 0 Å². The topological polar surface area (TPSA) is 50.4 Å². The molecule has 4 nitrogen and oxygen atoms in total. The molecule has 0 spiro atoms. The van der Waals surface area contributed by atoms with Crippen LogP contribution in [0.15, 0.2) is 0 Å². The predicted octanol–water partition coefficient (Wildman–Crippen LogP) is 0.916. The highest BCUT2D eigenvalue weighted by atomic mass is 16.5. The van der Waals surface area contributed by atoms with Crippen molar-refractivity contribution in [2.24, 2.45) is 0 Å². The van der Waals surface area contributed by atoms with Crippen molar-refractivity contribution in [2.45, 2.75) is 45.8 Å². The van der Waals surface area contributed by atoms with Crippen molar-refractivity contribution in [3.05, 3.63) is 0 Å². The molecule has 1 saturated heterocycles. The Labute approximate surface area is 92.8 Å². The molecule has 0 saturated carbocycles. The van der Waals surface area contributed by atoms with Gasteiger partial charge in [-0.2, -0.15) is 0 Å². The van der Waals surface area contributed by atoms with Crippen molar-refractivity contribution >= 4 is 6.47 Å². The fraction of sp³-hybridized carbons (Fsp3) is 0.909. The molecule has 1 rings (SSSR count). The zero-order valence-electron chi connectivity index (χ0n) is 10.3. The van der Waals surface area contributed by atoms with Gasteiger partial charge in [0.2, 0.25) is 0 Å². The lowest BCUT2D eigenvalue weighted by atomic mass is 10.2. The summed E-state index contributed by atoms with van der Waals surface area (Å²) in [5.74, 6) is 0. The molecule has 0 aromatic carbocycles. The van der Waals surface area contributed by atoms with E-state index in [-0.39, 0.29) is 5.60 Å². The predicted molar refractivity (Wildman–Crippen MR) is 61.9 cm³/mol. The molecule has 0 amide bonds. The molecule has 1 aliphatic rings. The third-order valence-electron chi connectivity index (χ3n) is 2.02. The number of rotatable bonds is 2. The van der Waals surface area contributed by atoms with Crippen LogP contribution in [0.4, 0.5) is 0 Å². The lowest BCUT2D eigenvalue weighted by Gasteiger charge is -2.22. The van der Waals surface area contributed by atoms with Gasteiger partial charge < -0.3 is 15.4 Å². The fourth-order valence-corrected chi connectivity index (χ4v) is 1.15. The highest BCUT2D eigenvalue weighted by Gasteiger charge is 2.08. The molecule has 1 fully saturated rings. The zero-order valence-corrected chi connectivity index (χ0v) is 10.3. The third-order valence-corrected chi connectivity index (χ3v) is 2.02. The minimum absolute atomic E-state index is 0.318. The van der Waals surface area contributed by atoms with Crippen molar-refractivity contribution in [2.75, 3.05) is 19.6 Å². The van der Waals surface area contributed by atoms with Gasteiger partial charge in [0.1, 0.15) is 5.60 Å². The summed E-state index contributed by atoms with van der Waals surface area (Å²) in [7, 11) is 0. The minimum atomic E-state index is -0.318. The molecule has 1 heterocycles. The van der Waals surface area contributed by atoms with E-state index in [1.165, 1.54) is 6.42 Å². The van der Waals surface area contributed by atoms with Gasteiger partial charge in [-0.05, 0) is 27.2 Å². The van der Waals surface area contributed by atoms with Crippen LogP contribution in [0.1, 0.15) is 34.1 Å². The average molecular weight is 216 g/mol. The van der Waals surface area contributed by atoms with E-state index in [2.05, 4.69) is 22.3 Å². The van der Waals surface area contributed by atoms with Crippen LogP contribution in [0.5, 0.6) is 0 Å². The Morgan fingerprint density at radius 3 is 2.27 bits per heavy atom. The molecular weight excluding hydrogens is 192 g/mol. The second-order valence-electron chi connectivity index (χ2n) is 4.59. The van der Waals surface area contributed by atoms with Gasteiger partial charge in [0, 0.05) is 25.7 Å². The maximum atomic E-state index is 9.60. The number of hydrogen-bond donors (Lipinski definition) is 2. The van der Waals surface area contributed by atoms with Gasteiger partial charge in [0.05, 0.1) is 0 Å². The van der Waals surface area contributed by atoms with Gasteiger partial charge >= 0.3 is 0 Å². The Kier molecular flexibility index (Phi) is 7.34. The summed E-state index contributed by atoms with van der Waals surface area (Å²) in [5, 5.41) is 6.73. The molecular formula is C11H24N2O2. The van der Waals surface area contributed by atoms with E-state index in [0.29, 0.717) is 6.47 Å². The van der Waals surface area contributed by atoms with Gasteiger partial charge in [0.25, 0.3) is 6.47 Å². The molecule has 2 N–H and O–H groups in total. The van der Waals surface area contributed by atoms with Gasteiger partial charge in [-0.3, -0.25) is 4.79 Å². The first-order valence-corrected chi connectivity index (χ1v) is 5.55. The summed E-state index contributed by atoms with van der Waals surface area (Å²) >= 11 is 0.